The second-order valence-electron chi connectivity index (χ2n) is 5.00. The van der Waals surface area contributed by atoms with Crippen molar-refractivity contribution in [1.82, 2.24) is 5.32 Å². The van der Waals surface area contributed by atoms with E-state index in [4.69, 9.17) is 27.9 Å². The molecule has 1 unspecified atom stereocenters. The summed E-state index contributed by atoms with van der Waals surface area (Å²) in [6, 6.07) is 10.4. The lowest BCUT2D eigenvalue weighted by Crippen LogP contribution is -2.31. The zero-order valence-electron chi connectivity index (χ0n) is 12.7. The molecule has 0 heterocycles. The van der Waals surface area contributed by atoms with Crippen molar-refractivity contribution >= 4 is 34.8 Å². The van der Waals surface area contributed by atoms with E-state index in [1.807, 2.05) is 0 Å². The molecule has 1 N–H and O–H groups in total. The van der Waals surface area contributed by atoms with Gasteiger partial charge in [0.1, 0.15) is 5.75 Å². The van der Waals surface area contributed by atoms with Crippen molar-refractivity contribution in [3.63, 3.8) is 0 Å². The van der Waals surface area contributed by atoms with Crippen LogP contribution in [0.25, 0.3) is 0 Å². The van der Waals surface area contributed by atoms with Gasteiger partial charge in [-0.15, -0.1) is 0 Å². The number of amides is 1. The third-order valence-corrected chi connectivity index (χ3v) is 3.76. The summed E-state index contributed by atoms with van der Waals surface area (Å²) < 4.78 is 5.34. The number of hydrogen-bond acceptors (Lipinski definition) is 4. The number of ether oxygens (including phenoxy) is 1. The summed E-state index contributed by atoms with van der Waals surface area (Å²) >= 11 is 11.8. The van der Waals surface area contributed by atoms with Crippen LogP contribution in [0.5, 0.6) is 5.75 Å². The Kier molecular flexibility index (Phi) is 6.00. The predicted octanol–water partition coefficient (Wildman–Crippen LogP) is 4.16. The Morgan fingerprint density at radius 1 is 1.29 bits per heavy atom. The minimum Gasteiger partial charge on any atom is -0.482 e. The van der Waals surface area contributed by atoms with E-state index in [1.165, 1.54) is 18.2 Å². The number of benzene rings is 2. The lowest BCUT2D eigenvalue weighted by Gasteiger charge is -2.15. The average molecular weight is 369 g/mol. The van der Waals surface area contributed by atoms with Crippen LogP contribution in [0.2, 0.25) is 10.0 Å². The van der Waals surface area contributed by atoms with Crippen molar-refractivity contribution in [3.8, 4) is 5.75 Å². The van der Waals surface area contributed by atoms with Gasteiger partial charge in [-0.3, -0.25) is 14.9 Å². The van der Waals surface area contributed by atoms with E-state index in [9.17, 15) is 14.9 Å². The van der Waals surface area contributed by atoms with Crippen molar-refractivity contribution in [2.75, 3.05) is 6.61 Å². The van der Waals surface area contributed by atoms with Gasteiger partial charge in [0.2, 0.25) is 0 Å². The number of nitrogens with zero attached hydrogens (tertiary/aromatic N) is 1. The van der Waals surface area contributed by atoms with Gasteiger partial charge in [0, 0.05) is 23.2 Å². The number of halogens is 2. The van der Waals surface area contributed by atoms with Crippen LogP contribution in [0.3, 0.4) is 0 Å². The molecule has 126 valence electrons. The van der Waals surface area contributed by atoms with Gasteiger partial charge in [-0.05, 0) is 24.6 Å². The molecule has 8 heteroatoms. The summed E-state index contributed by atoms with van der Waals surface area (Å²) in [5, 5.41) is 14.3. The van der Waals surface area contributed by atoms with Gasteiger partial charge in [0.25, 0.3) is 11.6 Å². The first-order chi connectivity index (χ1) is 11.4. The Labute approximate surface area is 148 Å². The number of carbonyl (C=O) groups excluding carboxylic acids is 1. The van der Waals surface area contributed by atoms with Gasteiger partial charge < -0.3 is 10.1 Å². The van der Waals surface area contributed by atoms with Crippen LogP contribution in [0.15, 0.2) is 42.5 Å². The molecule has 0 saturated carbocycles. The van der Waals surface area contributed by atoms with Crippen LogP contribution in [-0.4, -0.2) is 17.4 Å². The maximum absolute atomic E-state index is 12.0. The number of nitro benzene ring substituents is 1. The second kappa shape index (κ2) is 7.99. The molecule has 0 aliphatic heterocycles. The highest BCUT2D eigenvalue weighted by molar-refractivity contribution is 6.34. The fourth-order valence-corrected chi connectivity index (χ4v) is 2.34. The molecule has 2 aromatic rings. The molecular weight excluding hydrogens is 355 g/mol. The quantitative estimate of drug-likeness (QED) is 0.612. The Morgan fingerprint density at radius 3 is 2.75 bits per heavy atom. The molecule has 0 spiro atoms. The van der Waals surface area contributed by atoms with Gasteiger partial charge >= 0.3 is 0 Å². The van der Waals surface area contributed by atoms with Crippen LogP contribution in [0, 0.1) is 10.1 Å². The molecule has 0 saturated heterocycles. The Bertz CT molecular complexity index is 767. The van der Waals surface area contributed by atoms with Gasteiger partial charge in [-0.2, -0.15) is 0 Å². The molecule has 6 nitrogen and oxygen atoms in total. The second-order valence-corrected chi connectivity index (χ2v) is 5.85. The van der Waals surface area contributed by atoms with Crippen LogP contribution in [0.1, 0.15) is 18.5 Å². The summed E-state index contributed by atoms with van der Waals surface area (Å²) in [6.07, 6.45) is 0. The van der Waals surface area contributed by atoms with E-state index in [1.54, 1.807) is 31.2 Å². The highest BCUT2D eigenvalue weighted by Crippen LogP contribution is 2.27. The third-order valence-electron chi connectivity index (χ3n) is 3.21. The van der Waals surface area contributed by atoms with E-state index in [0.717, 1.165) is 0 Å². The minimum atomic E-state index is -0.484. The topological polar surface area (TPSA) is 81.5 Å². The molecule has 2 aromatic carbocycles. The molecule has 0 radical (unpaired) electrons. The van der Waals surface area contributed by atoms with Gasteiger partial charge in [-0.25, -0.2) is 0 Å². The van der Waals surface area contributed by atoms with Crippen molar-refractivity contribution in [3.05, 3.63) is 68.2 Å². The van der Waals surface area contributed by atoms with E-state index in [0.29, 0.717) is 21.4 Å². The zero-order valence-corrected chi connectivity index (χ0v) is 14.2. The molecule has 1 amide bonds. The smallest absolute Gasteiger partial charge is 0.269 e. The summed E-state index contributed by atoms with van der Waals surface area (Å²) in [5.41, 5.74) is 0.592. The molecule has 0 bridgehead atoms. The summed E-state index contributed by atoms with van der Waals surface area (Å²) in [7, 11) is 0. The van der Waals surface area contributed by atoms with Crippen LogP contribution < -0.4 is 10.1 Å². The van der Waals surface area contributed by atoms with Gasteiger partial charge in [0.05, 0.1) is 16.0 Å². The summed E-state index contributed by atoms with van der Waals surface area (Å²) in [5.74, 6) is -0.0765. The summed E-state index contributed by atoms with van der Waals surface area (Å²) in [4.78, 5) is 22.3. The molecule has 0 aromatic heterocycles. The average Bonchev–Trinajstić information content (AvgIpc) is 2.55. The Balaban J connectivity index is 1.95. The normalized spacial score (nSPS) is 11.6. The fourth-order valence-electron chi connectivity index (χ4n) is 2.01. The van der Waals surface area contributed by atoms with Crippen molar-refractivity contribution < 1.29 is 14.5 Å². The standard InChI is InChI=1S/C16H14Cl2N2O4/c1-10(11-3-2-4-13(7-11)20(22)23)19-16(21)9-24-15-8-12(17)5-6-14(15)18/h2-8,10H,9H2,1H3,(H,19,21). The number of rotatable bonds is 6. The highest BCUT2D eigenvalue weighted by Gasteiger charge is 2.14. The zero-order chi connectivity index (χ0) is 17.7. The maximum atomic E-state index is 12.0. The Morgan fingerprint density at radius 2 is 2.04 bits per heavy atom. The van der Waals surface area contributed by atoms with E-state index < -0.39 is 11.0 Å². The lowest BCUT2D eigenvalue weighted by molar-refractivity contribution is -0.384. The molecule has 2 rings (SSSR count). The largest absolute Gasteiger partial charge is 0.482 e. The Hall–Kier alpha value is -2.31. The molecule has 0 fully saturated rings. The minimum absolute atomic E-state index is 0.0319. The van der Waals surface area contributed by atoms with Crippen molar-refractivity contribution in [2.45, 2.75) is 13.0 Å². The SMILES string of the molecule is CC(NC(=O)COc1cc(Cl)ccc1Cl)c1cccc([N+](=O)[O-])c1. The first kappa shape index (κ1) is 18.0. The third kappa shape index (κ3) is 4.84. The fraction of sp³-hybridized carbons (Fsp3) is 0.188. The summed E-state index contributed by atoms with van der Waals surface area (Å²) in [6.45, 7) is 1.47. The van der Waals surface area contributed by atoms with E-state index in [-0.39, 0.29) is 18.2 Å². The van der Waals surface area contributed by atoms with Gasteiger partial charge in [0.15, 0.2) is 6.61 Å². The number of nitrogens with one attached hydrogen (secondary N) is 1. The molecule has 0 aliphatic carbocycles. The predicted molar refractivity (Wildman–Crippen MR) is 91.6 cm³/mol. The molecule has 0 aliphatic rings. The lowest BCUT2D eigenvalue weighted by atomic mass is 10.1. The maximum Gasteiger partial charge on any atom is 0.269 e. The van der Waals surface area contributed by atoms with E-state index >= 15 is 0 Å². The molecule has 24 heavy (non-hydrogen) atoms. The number of nitro groups is 1. The molecular formula is C16H14Cl2N2O4. The van der Waals surface area contributed by atoms with Crippen LogP contribution >= 0.6 is 23.2 Å². The highest BCUT2D eigenvalue weighted by atomic mass is 35.5. The van der Waals surface area contributed by atoms with Gasteiger partial charge in [-0.1, -0.05) is 35.3 Å². The first-order valence-corrected chi connectivity index (χ1v) is 7.74. The monoisotopic (exact) mass is 368 g/mol. The first-order valence-electron chi connectivity index (χ1n) is 6.98. The number of carbonyl (C=O) groups is 1. The van der Waals surface area contributed by atoms with Crippen LogP contribution in [0.4, 0.5) is 5.69 Å². The van der Waals surface area contributed by atoms with Crippen molar-refractivity contribution in [1.29, 1.82) is 0 Å². The van der Waals surface area contributed by atoms with Crippen LogP contribution in [-0.2, 0) is 4.79 Å². The number of hydrogen-bond donors (Lipinski definition) is 1. The van der Waals surface area contributed by atoms with Crippen molar-refractivity contribution in [2.24, 2.45) is 0 Å². The number of non-ortho nitro benzene ring substituents is 1. The van der Waals surface area contributed by atoms with E-state index in [2.05, 4.69) is 5.32 Å². The molecule has 1 atom stereocenters.